The van der Waals surface area contributed by atoms with E-state index in [-0.39, 0.29) is 6.29 Å². The van der Waals surface area contributed by atoms with E-state index in [4.69, 9.17) is 9.47 Å². The lowest BCUT2D eigenvalue weighted by atomic mass is 9.75. The predicted octanol–water partition coefficient (Wildman–Crippen LogP) is 1.16. The first kappa shape index (κ1) is 5.56. The zero-order valence-electron chi connectivity index (χ0n) is 5.95. The van der Waals surface area contributed by atoms with Crippen LogP contribution in [0.5, 0.6) is 0 Å². The van der Waals surface area contributed by atoms with Gasteiger partial charge in [-0.2, -0.15) is 0 Å². The van der Waals surface area contributed by atoms with E-state index in [2.05, 4.69) is 0 Å². The van der Waals surface area contributed by atoms with E-state index in [0.29, 0.717) is 6.10 Å². The van der Waals surface area contributed by atoms with Crippen LogP contribution in [-0.4, -0.2) is 19.0 Å². The molecule has 56 valence electrons. The minimum absolute atomic E-state index is 0.192. The Balaban J connectivity index is 1.85. The topological polar surface area (TPSA) is 18.5 Å². The molecular formula is C8H12O2. The molecule has 4 atom stereocenters. The molecule has 2 nitrogen and oxygen atoms in total. The van der Waals surface area contributed by atoms with Gasteiger partial charge >= 0.3 is 0 Å². The Morgan fingerprint density at radius 1 is 1.00 bits per heavy atom. The summed E-state index contributed by atoms with van der Waals surface area (Å²) >= 11 is 0. The van der Waals surface area contributed by atoms with Crippen molar-refractivity contribution in [3.63, 3.8) is 0 Å². The van der Waals surface area contributed by atoms with Gasteiger partial charge in [0, 0.05) is 5.92 Å². The van der Waals surface area contributed by atoms with E-state index in [1.165, 1.54) is 19.3 Å². The first-order chi connectivity index (χ1) is 4.95. The first-order valence-electron chi connectivity index (χ1n) is 4.22. The second-order valence-electron chi connectivity index (χ2n) is 3.61. The lowest BCUT2D eigenvalue weighted by Gasteiger charge is -2.30. The quantitative estimate of drug-likeness (QED) is 0.502. The summed E-state index contributed by atoms with van der Waals surface area (Å²) in [5.41, 5.74) is 0. The van der Waals surface area contributed by atoms with Crippen molar-refractivity contribution in [2.45, 2.75) is 31.7 Å². The molecule has 0 spiro atoms. The first-order valence-corrected chi connectivity index (χ1v) is 4.22. The SMILES string of the molecule is C1CC2C(O1)OC1CCC12. The van der Waals surface area contributed by atoms with Crippen LogP contribution >= 0.6 is 0 Å². The smallest absolute Gasteiger partial charge is 0.161 e. The normalized spacial score (nSPS) is 57.6. The molecule has 0 amide bonds. The lowest BCUT2D eigenvalue weighted by molar-refractivity contribution is -0.127. The summed E-state index contributed by atoms with van der Waals surface area (Å²) in [6.45, 7) is 0.929. The molecule has 2 aliphatic heterocycles. The zero-order valence-corrected chi connectivity index (χ0v) is 5.95. The van der Waals surface area contributed by atoms with Crippen molar-refractivity contribution in [3.8, 4) is 0 Å². The standard InChI is InChI=1S/C8H12O2/c1-2-7-5(1)6-3-4-9-8(6)10-7/h5-8H,1-4H2. The number of hydrogen-bond donors (Lipinski definition) is 0. The molecule has 4 unspecified atom stereocenters. The minimum atomic E-state index is 0.192. The van der Waals surface area contributed by atoms with Gasteiger partial charge in [-0.05, 0) is 25.2 Å². The second kappa shape index (κ2) is 1.74. The van der Waals surface area contributed by atoms with Gasteiger partial charge in [-0.1, -0.05) is 0 Å². The van der Waals surface area contributed by atoms with Gasteiger partial charge in [0.2, 0.25) is 0 Å². The monoisotopic (exact) mass is 140 g/mol. The maximum absolute atomic E-state index is 5.66. The van der Waals surface area contributed by atoms with Crippen molar-refractivity contribution in [3.05, 3.63) is 0 Å². The fourth-order valence-corrected chi connectivity index (χ4v) is 2.46. The molecule has 10 heavy (non-hydrogen) atoms. The van der Waals surface area contributed by atoms with Crippen molar-refractivity contribution in [2.75, 3.05) is 6.61 Å². The molecule has 2 heterocycles. The van der Waals surface area contributed by atoms with Gasteiger partial charge in [0.1, 0.15) is 0 Å². The van der Waals surface area contributed by atoms with Crippen LogP contribution < -0.4 is 0 Å². The molecule has 2 heteroatoms. The zero-order chi connectivity index (χ0) is 6.55. The molecule has 0 aromatic carbocycles. The van der Waals surface area contributed by atoms with Crippen molar-refractivity contribution in [1.82, 2.24) is 0 Å². The van der Waals surface area contributed by atoms with E-state index >= 15 is 0 Å². The summed E-state index contributed by atoms with van der Waals surface area (Å²) in [7, 11) is 0. The fraction of sp³-hybridized carbons (Fsp3) is 1.00. The minimum Gasteiger partial charge on any atom is -0.352 e. The maximum atomic E-state index is 5.66. The molecule has 3 fully saturated rings. The Kier molecular flexibility index (Phi) is 0.968. The molecule has 3 rings (SSSR count). The fourth-order valence-electron chi connectivity index (χ4n) is 2.46. The Morgan fingerprint density at radius 2 is 2.00 bits per heavy atom. The van der Waals surface area contributed by atoms with Crippen LogP contribution in [0, 0.1) is 11.8 Å². The average molecular weight is 140 g/mol. The molecule has 3 aliphatic rings. The third kappa shape index (κ3) is 0.523. The summed E-state index contributed by atoms with van der Waals surface area (Å²) < 4.78 is 11.1. The van der Waals surface area contributed by atoms with Gasteiger partial charge in [0.25, 0.3) is 0 Å². The summed E-state index contributed by atoms with van der Waals surface area (Å²) in [4.78, 5) is 0. The maximum Gasteiger partial charge on any atom is 0.161 e. The van der Waals surface area contributed by atoms with E-state index in [9.17, 15) is 0 Å². The van der Waals surface area contributed by atoms with Gasteiger partial charge in [-0.25, -0.2) is 0 Å². The van der Waals surface area contributed by atoms with Crippen LogP contribution in [-0.2, 0) is 9.47 Å². The molecule has 0 aromatic rings. The van der Waals surface area contributed by atoms with E-state index < -0.39 is 0 Å². The Morgan fingerprint density at radius 3 is 2.80 bits per heavy atom. The lowest BCUT2D eigenvalue weighted by Crippen LogP contribution is -2.30. The van der Waals surface area contributed by atoms with Crippen molar-refractivity contribution >= 4 is 0 Å². The number of rotatable bonds is 0. The third-order valence-corrected chi connectivity index (χ3v) is 3.20. The van der Waals surface area contributed by atoms with Gasteiger partial charge in [-0.3, -0.25) is 0 Å². The number of ether oxygens (including phenoxy) is 2. The van der Waals surface area contributed by atoms with Gasteiger partial charge < -0.3 is 9.47 Å². The van der Waals surface area contributed by atoms with Crippen molar-refractivity contribution in [2.24, 2.45) is 11.8 Å². The Labute approximate surface area is 60.5 Å². The van der Waals surface area contributed by atoms with Crippen LogP contribution in [0.15, 0.2) is 0 Å². The molecule has 2 saturated heterocycles. The van der Waals surface area contributed by atoms with E-state index in [1.54, 1.807) is 0 Å². The van der Waals surface area contributed by atoms with Crippen LogP contribution in [0.4, 0.5) is 0 Å². The molecule has 1 saturated carbocycles. The molecule has 1 aliphatic carbocycles. The van der Waals surface area contributed by atoms with E-state index in [0.717, 1.165) is 18.4 Å². The summed E-state index contributed by atoms with van der Waals surface area (Å²) in [5, 5.41) is 0. The Bertz CT molecular complexity index is 155. The Hall–Kier alpha value is -0.0800. The van der Waals surface area contributed by atoms with Gasteiger partial charge in [-0.15, -0.1) is 0 Å². The highest BCUT2D eigenvalue weighted by Crippen LogP contribution is 2.49. The highest BCUT2D eigenvalue weighted by Gasteiger charge is 2.51. The molecular weight excluding hydrogens is 128 g/mol. The van der Waals surface area contributed by atoms with Crippen molar-refractivity contribution in [1.29, 1.82) is 0 Å². The summed E-state index contributed by atoms with van der Waals surface area (Å²) in [5.74, 6) is 1.63. The molecule has 0 radical (unpaired) electrons. The van der Waals surface area contributed by atoms with Gasteiger partial charge in [0.15, 0.2) is 6.29 Å². The van der Waals surface area contributed by atoms with Crippen molar-refractivity contribution < 1.29 is 9.47 Å². The van der Waals surface area contributed by atoms with Crippen LogP contribution in [0.3, 0.4) is 0 Å². The summed E-state index contributed by atoms with van der Waals surface area (Å²) in [6, 6.07) is 0. The second-order valence-corrected chi connectivity index (χ2v) is 3.61. The third-order valence-electron chi connectivity index (χ3n) is 3.20. The predicted molar refractivity (Wildman–Crippen MR) is 35.4 cm³/mol. The van der Waals surface area contributed by atoms with Crippen LogP contribution in [0.1, 0.15) is 19.3 Å². The highest BCUT2D eigenvalue weighted by molar-refractivity contribution is 4.95. The largest absolute Gasteiger partial charge is 0.352 e. The summed E-state index contributed by atoms with van der Waals surface area (Å²) in [6.07, 6.45) is 4.68. The average Bonchev–Trinajstić information content (AvgIpc) is 2.35. The number of fused-ring (bicyclic) bond motifs is 3. The van der Waals surface area contributed by atoms with Gasteiger partial charge in [0.05, 0.1) is 12.7 Å². The van der Waals surface area contributed by atoms with Crippen LogP contribution in [0.25, 0.3) is 0 Å². The molecule has 0 bridgehead atoms. The highest BCUT2D eigenvalue weighted by atomic mass is 16.7. The van der Waals surface area contributed by atoms with E-state index in [1.807, 2.05) is 0 Å². The van der Waals surface area contributed by atoms with Crippen LogP contribution in [0.2, 0.25) is 0 Å². The molecule has 0 N–H and O–H groups in total. The number of hydrogen-bond acceptors (Lipinski definition) is 2. The molecule has 0 aromatic heterocycles.